The maximum Gasteiger partial charge on any atom is 0.164 e. The van der Waals surface area contributed by atoms with E-state index in [2.05, 4.69) is 4.99 Å². The Kier molecular flexibility index (Phi) is 1.44. The molecule has 5 nitrogen and oxygen atoms in total. The molecule has 0 N–H and O–H groups in total. The largest absolute Gasteiger partial charge is 0.265 e. The van der Waals surface area contributed by atoms with Crippen LogP contribution in [0, 0.1) is 10.1 Å². The van der Waals surface area contributed by atoms with E-state index in [1.807, 2.05) is 0 Å². The first-order valence-corrected chi connectivity index (χ1v) is 2.40. The van der Waals surface area contributed by atoms with Crippen molar-refractivity contribution in [2.45, 2.75) is 0 Å². The maximum atomic E-state index is 9.97. The molecule has 0 atom stereocenters. The monoisotopic (exact) mass is 127 g/mol. The van der Waals surface area contributed by atoms with Crippen LogP contribution >= 0.6 is 0 Å². The lowest BCUT2D eigenvalue weighted by atomic mass is 10.6. The van der Waals surface area contributed by atoms with E-state index in [9.17, 15) is 10.1 Å². The number of hydrogen-bond acceptors (Lipinski definition) is 3. The summed E-state index contributed by atoms with van der Waals surface area (Å²) in [4.78, 5) is 13.6. The molecular weight excluding hydrogens is 122 g/mol. The average Bonchev–Trinajstić information content (AvgIpc) is 1.90. The number of hydrazine groups is 1. The van der Waals surface area contributed by atoms with Crippen molar-refractivity contribution >= 4 is 6.21 Å². The number of rotatable bonds is 1. The number of nitro groups is 1. The fourth-order valence-electron chi connectivity index (χ4n) is 0.489. The summed E-state index contributed by atoms with van der Waals surface area (Å²) in [5.74, 6) is 0. The van der Waals surface area contributed by atoms with Crippen molar-refractivity contribution < 1.29 is 5.03 Å². The second-order valence-corrected chi connectivity index (χ2v) is 1.49. The first-order chi connectivity index (χ1) is 4.30. The van der Waals surface area contributed by atoms with Gasteiger partial charge in [0.15, 0.2) is 5.03 Å². The second-order valence-electron chi connectivity index (χ2n) is 1.49. The van der Waals surface area contributed by atoms with Gasteiger partial charge in [-0.05, 0) is 0 Å². The Hall–Kier alpha value is -1.39. The van der Waals surface area contributed by atoms with Gasteiger partial charge in [0, 0.05) is 12.4 Å². The fraction of sp³-hybridized carbons (Fsp3) is 0.250. The van der Waals surface area contributed by atoms with E-state index < -0.39 is 5.03 Å². The summed E-state index contributed by atoms with van der Waals surface area (Å²) in [5, 5.41) is 10.4. The molecule has 0 radical (unpaired) electrons. The van der Waals surface area contributed by atoms with Crippen LogP contribution in [0.15, 0.2) is 17.4 Å². The van der Waals surface area contributed by atoms with Crippen LogP contribution in [-0.4, -0.2) is 22.8 Å². The fourth-order valence-corrected chi connectivity index (χ4v) is 0.489. The highest BCUT2D eigenvalue weighted by atomic mass is 16.7. The SMILES string of the molecule is O=[N+]([O-])N1C=CN=CC1. The standard InChI is InChI=1S/C4H5N3O2/c8-7(9)6-3-1-5-2-4-6/h1-3H,4H2. The number of hydrogen-bond donors (Lipinski definition) is 0. The molecule has 0 aromatic heterocycles. The summed E-state index contributed by atoms with van der Waals surface area (Å²) in [6.45, 7) is 0.253. The van der Waals surface area contributed by atoms with Gasteiger partial charge in [-0.3, -0.25) is 4.99 Å². The maximum absolute atomic E-state index is 9.97. The summed E-state index contributed by atoms with van der Waals surface area (Å²) >= 11 is 0. The molecule has 0 spiro atoms. The number of aliphatic imine (C=N–C) groups is 1. The van der Waals surface area contributed by atoms with Crippen molar-refractivity contribution in [2.24, 2.45) is 4.99 Å². The van der Waals surface area contributed by atoms with Crippen molar-refractivity contribution in [2.75, 3.05) is 6.54 Å². The molecule has 0 aromatic carbocycles. The van der Waals surface area contributed by atoms with Gasteiger partial charge in [0.05, 0.1) is 6.20 Å². The van der Waals surface area contributed by atoms with Gasteiger partial charge in [0.2, 0.25) is 0 Å². The minimum Gasteiger partial charge on any atom is -0.265 e. The van der Waals surface area contributed by atoms with Gasteiger partial charge in [-0.1, -0.05) is 5.01 Å². The van der Waals surface area contributed by atoms with Crippen LogP contribution in [0.2, 0.25) is 0 Å². The minimum atomic E-state index is -0.484. The Morgan fingerprint density at radius 1 is 1.78 bits per heavy atom. The quantitative estimate of drug-likeness (QED) is 0.369. The Bertz CT molecular complexity index is 175. The van der Waals surface area contributed by atoms with E-state index in [4.69, 9.17) is 0 Å². The van der Waals surface area contributed by atoms with Crippen LogP contribution in [0.4, 0.5) is 0 Å². The highest BCUT2D eigenvalue weighted by Gasteiger charge is 2.08. The molecule has 0 fully saturated rings. The van der Waals surface area contributed by atoms with E-state index in [1.165, 1.54) is 18.6 Å². The zero-order chi connectivity index (χ0) is 6.69. The predicted molar refractivity (Wildman–Crippen MR) is 31.3 cm³/mol. The summed E-state index contributed by atoms with van der Waals surface area (Å²) in [6, 6.07) is 0. The highest BCUT2D eigenvalue weighted by molar-refractivity contribution is 5.61. The molecule has 5 heteroatoms. The molecule has 9 heavy (non-hydrogen) atoms. The van der Waals surface area contributed by atoms with Gasteiger partial charge in [-0.15, -0.1) is 0 Å². The third-order valence-corrected chi connectivity index (χ3v) is 0.909. The summed E-state index contributed by atoms with van der Waals surface area (Å²) in [5.41, 5.74) is 0. The average molecular weight is 127 g/mol. The van der Waals surface area contributed by atoms with Crippen LogP contribution < -0.4 is 0 Å². The molecular formula is C4H5N3O2. The van der Waals surface area contributed by atoms with Gasteiger partial charge in [-0.2, -0.15) is 0 Å². The van der Waals surface area contributed by atoms with Crippen LogP contribution in [0.3, 0.4) is 0 Å². The second kappa shape index (κ2) is 2.25. The van der Waals surface area contributed by atoms with Crippen LogP contribution in [0.1, 0.15) is 0 Å². The highest BCUT2D eigenvalue weighted by Crippen LogP contribution is 1.92. The zero-order valence-corrected chi connectivity index (χ0v) is 4.60. The zero-order valence-electron chi connectivity index (χ0n) is 4.60. The predicted octanol–water partition coefficient (Wildman–Crippen LogP) is 0.0357. The Labute approximate surface area is 51.4 Å². The molecule has 1 aliphatic heterocycles. The lowest BCUT2D eigenvalue weighted by Gasteiger charge is -2.06. The van der Waals surface area contributed by atoms with Crippen molar-refractivity contribution in [1.82, 2.24) is 5.01 Å². The van der Waals surface area contributed by atoms with Crippen molar-refractivity contribution in [3.8, 4) is 0 Å². The molecule has 0 saturated carbocycles. The molecule has 0 unspecified atom stereocenters. The van der Waals surface area contributed by atoms with E-state index in [0.717, 1.165) is 5.01 Å². The molecule has 1 aliphatic rings. The van der Waals surface area contributed by atoms with Crippen molar-refractivity contribution in [1.29, 1.82) is 0 Å². The van der Waals surface area contributed by atoms with E-state index in [1.54, 1.807) is 0 Å². The molecule has 0 bridgehead atoms. The topological polar surface area (TPSA) is 58.7 Å². The molecule has 1 heterocycles. The Morgan fingerprint density at radius 2 is 2.56 bits per heavy atom. The molecule has 0 aromatic rings. The normalized spacial score (nSPS) is 16.2. The smallest absolute Gasteiger partial charge is 0.164 e. The molecule has 1 rings (SSSR count). The third kappa shape index (κ3) is 1.25. The van der Waals surface area contributed by atoms with Crippen LogP contribution in [-0.2, 0) is 0 Å². The first-order valence-electron chi connectivity index (χ1n) is 2.40. The van der Waals surface area contributed by atoms with E-state index in [0.29, 0.717) is 0 Å². The van der Waals surface area contributed by atoms with Gasteiger partial charge >= 0.3 is 0 Å². The van der Waals surface area contributed by atoms with Crippen molar-refractivity contribution in [3.63, 3.8) is 0 Å². The van der Waals surface area contributed by atoms with E-state index >= 15 is 0 Å². The van der Waals surface area contributed by atoms with Crippen molar-refractivity contribution in [3.05, 3.63) is 22.5 Å². The van der Waals surface area contributed by atoms with Crippen LogP contribution in [0.25, 0.3) is 0 Å². The molecule has 0 aliphatic carbocycles. The lowest BCUT2D eigenvalue weighted by molar-refractivity contribution is -0.636. The lowest BCUT2D eigenvalue weighted by Crippen LogP contribution is -2.27. The summed E-state index contributed by atoms with van der Waals surface area (Å²) < 4.78 is 0. The van der Waals surface area contributed by atoms with Crippen LogP contribution in [0.5, 0.6) is 0 Å². The van der Waals surface area contributed by atoms with Gasteiger partial charge in [0.1, 0.15) is 6.54 Å². The van der Waals surface area contributed by atoms with Gasteiger partial charge in [-0.25, -0.2) is 10.1 Å². The molecule has 0 saturated heterocycles. The molecule has 0 amide bonds. The first kappa shape index (κ1) is 5.74. The van der Waals surface area contributed by atoms with Gasteiger partial charge in [0.25, 0.3) is 0 Å². The van der Waals surface area contributed by atoms with Gasteiger partial charge < -0.3 is 0 Å². The minimum absolute atomic E-state index is 0.253. The summed E-state index contributed by atoms with van der Waals surface area (Å²) in [6.07, 6.45) is 4.18. The van der Waals surface area contributed by atoms with E-state index in [-0.39, 0.29) is 6.54 Å². The number of nitrogens with zero attached hydrogens (tertiary/aromatic N) is 3. The Balaban J connectivity index is 2.56. The Morgan fingerprint density at radius 3 is 2.89 bits per heavy atom. The molecule has 48 valence electrons. The summed E-state index contributed by atoms with van der Waals surface area (Å²) in [7, 11) is 0. The third-order valence-electron chi connectivity index (χ3n) is 0.909.